The minimum Gasteiger partial charge on any atom is -0.352 e. The summed E-state index contributed by atoms with van der Waals surface area (Å²) in [6.07, 6.45) is 3.44. The summed E-state index contributed by atoms with van der Waals surface area (Å²) in [6, 6.07) is 2.53. The van der Waals surface area contributed by atoms with Crippen molar-refractivity contribution in [2.24, 2.45) is 11.7 Å². The monoisotopic (exact) mass is 248 g/mol. The molecule has 2 unspecified atom stereocenters. The molecular formula is C14H24N4. The molecule has 0 radical (unpaired) electrons. The van der Waals surface area contributed by atoms with Crippen molar-refractivity contribution in [2.45, 2.75) is 46.1 Å². The Morgan fingerprint density at radius 3 is 2.89 bits per heavy atom. The van der Waals surface area contributed by atoms with Gasteiger partial charge in [0.05, 0.1) is 0 Å². The molecule has 18 heavy (non-hydrogen) atoms. The molecule has 0 saturated carbocycles. The average Bonchev–Trinajstić information content (AvgIpc) is 2.37. The van der Waals surface area contributed by atoms with Crippen LogP contribution in [0.3, 0.4) is 0 Å². The van der Waals surface area contributed by atoms with Gasteiger partial charge in [-0.3, -0.25) is 0 Å². The molecule has 2 N–H and O–H groups in total. The Morgan fingerprint density at radius 2 is 2.22 bits per heavy atom. The van der Waals surface area contributed by atoms with Crippen molar-refractivity contribution in [1.29, 1.82) is 0 Å². The van der Waals surface area contributed by atoms with E-state index in [0.29, 0.717) is 18.5 Å². The largest absolute Gasteiger partial charge is 0.352 e. The number of aromatic nitrogens is 2. The lowest BCUT2D eigenvalue weighted by Gasteiger charge is -2.40. The highest BCUT2D eigenvalue weighted by Gasteiger charge is 2.28. The second-order valence-corrected chi connectivity index (χ2v) is 5.23. The Labute approximate surface area is 110 Å². The molecule has 1 aromatic heterocycles. The number of nitrogens with zero attached hydrogens (tertiary/aromatic N) is 3. The zero-order valence-electron chi connectivity index (χ0n) is 11.7. The second kappa shape index (κ2) is 5.65. The molecule has 1 saturated heterocycles. The summed E-state index contributed by atoms with van der Waals surface area (Å²) in [7, 11) is 0. The number of piperidine rings is 1. The van der Waals surface area contributed by atoms with E-state index in [9.17, 15) is 0 Å². The number of aryl methyl sites for hydroxylation is 2. The fraction of sp³-hybridized carbons (Fsp3) is 0.714. The Balaban J connectivity index is 2.31. The van der Waals surface area contributed by atoms with Gasteiger partial charge in [-0.15, -0.1) is 0 Å². The molecule has 0 bridgehead atoms. The molecule has 1 fully saturated rings. The van der Waals surface area contributed by atoms with Gasteiger partial charge in [0.2, 0.25) is 0 Å². The van der Waals surface area contributed by atoms with Crippen LogP contribution in [0.5, 0.6) is 0 Å². The molecule has 2 atom stereocenters. The maximum atomic E-state index is 5.94. The van der Waals surface area contributed by atoms with Crippen LogP contribution >= 0.6 is 0 Å². The minimum absolute atomic E-state index is 0.415. The van der Waals surface area contributed by atoms with Gasteiger partial charge in [0.25, 0.3) is 0 Å². The zero-order valence-corrected chi connectivity index (χ0v) is 11.7. The lowest BCUT2D eigenvalue weighted by molar-refractivity contribution is 0.347. The van der Waals surface area contributed by atoms with Gasteiger partial charge in [0, 0.05) is 30.9 Å². The number of anilines is 1. The van der Waals surface area contributed by atoms with Crippen molar-refractivity contribution in [3.63, 3.8) is 0 Å². The third-order valence-corrected chi connectivity index (χ3v) is 3.89. The van der Waals surface area contributed by atoms with Crippen LogP contribution in [0.4, 0.5) is 5.82 Å². The first-order chi connectivity index (χ1) is 8.65. The molecule has 2 heterocycles. The van der Waals surface area contributed by atoms with E-state index in [4.69, 9.17) is 5.73 Å². The highest BCUT2D eigenvalue weighted by Crippen LogP contribution is 2.27. The van der Waals surface area contributed by atoms with Gasteiger partial charge in [-0.1, -0.05) is 13.8 Å². The summed E-state index contributed by atoms with van der Waals surface area (Å²) >= 11 is 0. The zero-order chi connectivity index (χ0) is 13.1. The van der Waals surface area contributed by atoms with Crippen molar-refractivity contribution in [1.82, 2.24) is 9.97 Å². The molecule has 2 rings (SSSR count). The maximum absolute atomic E-state index is 5.94. The van der Waals surface area contributed by atoms with E-state index in [1.807, 2.05) is 6.92 Å². The van der Waals surface area contributed by atoms with Crippen LogP contribution < -0.4 is 10.6 Å². The SMILES string of the molecule is CCc1cc(N2CCCC(C)C2CN)nc(C)n1. The van der Waals surface area contributed by atoms with Gasteiger partial charge in [0.15, 0.2) is 0 Å². The first-order valence-corrected chi connectivity index (χ1v) is 6.97. The molecule has 0 amide bonds. The smallest absolute Gasteiger partial charge is 0.132 e. The van der Waals surface area contributed by atoms with Crippen LogP contribution in [0.2, 0.25) is 0 Å². The fourth-order valence-electron chi connectivity index (χ4n) is 2.83. The van der Waals surface area contributed by atoms with E-state index < -0.39 is 0 Å². The van der Waals surface area contributed by atoms with Crippen molar-refractivity contribution in [2.75, 3.05) is 18.0 Å². The number of nitrogens with two attached hydrogens (primary N) is 1. The lowest BCUT2D eigenvalue weighted by atomic mass is 9.91. The second-order valence-electron chi connectivity index (χ2n) is 5.23. The van der Waals surface area contributed by atoms with E-state index in [0.717, 1.165) is 30.3 Å². The van der Waals surface area contributed by atoms with Crippen LogP contribution in [-0.2, 0) is 6.42 Å². The average molecular weight is 248 g/mol. The summed E-state index contributed by atoms with van der Waals surface area (Å²) in [4.78, 5) is 11.4. The summed E-state index contributed by atoms with van der Waals surface area (Å²) < 4.78 is 0. The number of hydrogen-bond acceptors (Lipinski definition) is 4. The predicted molar refractivity (Wildman–Crippen MR) is 74.7 cm³/mol. The van der Waals surface area contributed by atoms with Gasteiger partial charge in [0.1, 0.15) is 11.6 Å². The molecule has 4 heteroatoms. The van der Waals surface area contributed by atoms with Crippen LogP contribution in [0.1, 0.15) is 38.2 Å². The Kier molecular flexibility index (Phi) is 4.17. The van der Waals surface area contributed by atoms with E-state index >= 15 is 0 Å². The fourth-order valence-corrected chi connectivity index (χ4v) is 2.83. The van der Waals surface area contributed by atoms with Crippen LogP contribution in [0.25, 0.3) is 0 Å². The van der Waals surface area contributed by atoms with Gasteiger partial charge >= 0.3 is 0 Å². The van der Waals surface area contributed by atoms with Gasteiger partial charge in [-0.05, 0) is 32.1 Å². The maximum Gasteiger partial charge on any atom is 0.132 e. The summed E-state index contributed by atoms with van der Waals surface area (Å²) in [5.74, 6) is 2.56. The van der Waals surface area contributed by atoms with Crippen molar-refractivity contribution in [3.8, 4) is 0 Å². The lowest BCUT2D eigenvalue weighted by Crippen LogP contribution is -2.49. The normalized spacial score (nSPS) is 24.3. The quantitative estimate of drug-likeness (QED) is 0.888. The van der Waals surface area contributed by atoms with Crippen LogP contribution in [0.15, 0.2) is 6.07 Å². The molecular weight excluding hydrogens is 224 g/mol. The Bertz CT molecular complexity index is 405. The van der Waals surface area contributed by atoms with E-state index in [-0.39, 0.29) is 0 Å². The molecule has 1 aliphatic rings. The van der Waals surface area contributed by atoms with Crippen molar-refractivity contribution >= 4 is 5.82 Å². The van der Waals surface area contributed by atoms with E-state index in [1.54, 1.807) is 0 Å². The number of hydrogen-bond donors (Lipinski definition) is 1. The molecule has 1 aliphatic heterocycles. The van der Waals surface area contributed by atoms with Crippen LogP contribution in [0, 0.1) is 12.8 Å². The number of rotatable bonds is 3. The van der Waals surface area contributed by atoms with Crippen molar-refractivity contribution < 1.29 is 0 Å². The standard InChI is InChI=1S/C14H24N4/c1-4-12-8-14(17-11(3)16-12)18-7-5-6-10(2)13(18)9-15/h8,10,13H,4-7,9,15H2,1-3H3. The van der Waals surface area contributed by atoms with Gasteiger partial charge < -0.3 is 10.6 Å². The first-order valence-electron chi connectivity index (χ1n) is 6.97. The molecule has 0 aromatic carbocycles. The molecule has 4 nitrogen and oxygen atoms in total. The molecule has 0 spiro atoms. The first kappa shape index (κ1) is 13.3. The van der Waals surface area contributed by atoms with Gasteiger partial charge in [-0.25, -0.2) is 9.97 Å². The summed E-state index contributed by atoms with van der Waals surface area (Å²) in [6.45, 7) is 8.15. The Morgan fingerprint density at radius 1 is 1.44 bits per heavy atom. The summed E-state index contributed by atoms with van der Waals surface area (Å²) in [5, 5.41) is 0. The molecule has 1 aromatic rings. The van der Waals surface area contributed by atoms with E-state index in [2.05, 4.69) is 34.8 Å². The predicted octanol–water partition coefficient (Wildman–Crippen LogP) is 1.91. The minimum atomic E-state index is 0.415. The van der Waals surface area contributed by atoms with Crippen LogP contribution in [-0.4, -0.2) is 29.1 Å². The van der Waals surface area contributed by atoms with E-state index in [1.165, 1.54) is 12.8 Å². The highest BCUT2D eigenvalue weighted by molar-refractivity contribution is 5.42. The molecule has 100 valence electrons. The topological polar surface area (TPSA) is 55.0 Å². The van der Waals surface area contributed by atoms with Gasteiger partial charge in [-0.2, -0.15) is 0 Å². The third kappa shape index (κ3) is 2.64. The van der Waals surface area contributed by atoms with Crippen molar-refractivity contribution in [3.05, 3.63) is 17.6 Å². The summed E-state index contributed by atoms with van der Waals surface area (Å²) in [5.41, 5.74) is 7.06. The Hall–Kier alpha value is -1.16. The highest BCUT2D eigenvalue weighted by atomic mass is 15.2. The third-order valence-electron chi connectivity index (χ3n) is 3.89. The molecule has 0 aliphatic carbocycles.